The molecule has 110 valence electrons. The van der Waals surface area contributed by atoms with E-state index in [-0.39, 0.29) is 12.1 Å². The van der Waals surface area contributed by atoms with Crippen molar-refractivity contribution in [1.82, 2.24) is 9.80 Å². The van der Waals surface area contributed by atoms with Crippen molar-refractivity contribution in [3.05, 3.63) is 35.9 Å². The van der Waals surface area contributed by atoms with E-state index >= 15 is 0 Å². The summed E-state index contributed by atoms with van der Waals surface area (Å²) in [6, 6.07) is 9.95. The lowest BCUT2D eigenvalue weighted by atomic mass is 10.2. The van der Waals surface area contributed by atoms with Crippen molar-refractivity contribution in [2.75, 3.05) is 33.2 Å². The number of carbonyl (C=O) groups excluding carboxylic acids is 1. The SMILES string of the molecule is CN(C(=O)OCc1ccccc1)C1CCN(CCN)C1. The number of nitrogens with zero attached hydrogens (tertiary/aromatic N) is 2. The fraction of sp³-hybridized carbons (Fsp3) is 0.533. The molecule has 1 atom stereocenters. The van der Waals surface area contributed by atoms with Crippen molar-refractivity contribution in [2.24, 2.45) is 5.73 Å². The molecule has 1 heterocycles. The Morgan fingerprint density at radius 2 is 2.20 bits per heavy atom. The van der Waals surface area contributed by atoms with Crippen LogP contribution in [-0.2, 0) is 11.3 Å². The van der Waals surface area contributed by atoms with Crippen LogP contribution in [-0.4, -0.2) is 55.2 Å². The van der Waals surface area contributed by atoms with E-state index < -0.39 is 0 Å². The lowest BCUT2D eigenvalue weighted by Gasteiger charge is -2.24. The predicted octanol–water partition coefficient (Wildman–Crippen LogP) is 1.29. The molecule has 1 aliphatic rings. The second-order valence-electron chi connectivity index (χ2n) is 5.18. The van der Waals surface area contributed by atoms with Gasteiger partial charge in [0.25, 0.3) is 0 Å². The maximum atomic E-state index is 12.0. The Hall–Kier alpha value is -1.59. The largest absolute Gasteiger partial charge is 0.445 e. The highest BCUT2D eigenvalue weighted by atomic mass is 16.6. The van der Waals surface area contributed by atoms with Gasteiger partial charge in [-0.3, -0.25) is 4.90 Å². The number of rotatable bonds is 5. The molecule has 1 fully saturated rings. The molecule has 1 aromatic rings. The molecule has 0 radical (unpaired) electrons. The highest BCUT2D eigenvalue weighted by Gasteiger charge is 2.28. The van der Waals surface area contributed by atoms with E-state index in [0.717, 1.165) is 31.6 Å². The van der Waals surface area contributed by atoms with Crippen LogP contribution in [0.3, 0.4) is 0 Å². The van der Waals surface area contributed by atoms with Crippen LogP contribution in [0.1, 0.15) is 12.0 Å². The molecule has 1 aliphatic heterocycles. The first-order valence-electron chi connectivity index (χ1n) is 7.06. The minimum Gasteiger partial charge on any atom is -0.445 e. The van der Waals surface area contributed by atoms with E-state index in [1.807, 2.05) is 37.4 Å². The van der Waals surface area contributed by atoms with Gasteiger partial charge in [0.2, 0.25) is 0 Å². The molecule has 2 rings (SSSR count). The average molecular weight is 277 g/mol. The summed E-state index contributed by atoms with van der Waals surface area (Å²) >= 11 is 0. The Morgan fingerprint density at radius 3 is 2.90 bits per heavy atom. The van der Waals surface area contributed by atoms with Gasteiger partial charge >= 0.3 is 6.09 Å². The zero-order valence-corrected chi connectivity index (χ0v) is 12.0. The van der Waals surface area contributed by atoms with Gasteiger partial charge in [0.15, 0.2) is 0 Å². The number of amides is 1. The molecule has 1 aromatic carbocycles. The summed E-state index contributed by atoms with van der Waals surface area (Å²) in [5.41, 5.74) is 6.56. The molecule has 1 unspecified atom stereocenters. The Morgan fingerprint density at radius 1 is 1.45 bits per heavy atom. The molecule has 5 heteroatoms. The Bertz CT molecular complexity index is 424. The second kappa shape index (κ2) is 7.26. The number of likely N-dealkylation sites (tertiary alicyclic amines) is 1. The number of hydrogen-bond acceptors (Lipinski definition) is 4. The van der Waals surface area contributed by atoms with E-state index in [2.05, 4.69) is 4.90 Å². The van der Waals surface area contributed by atoms with E-state index in [1.54, 1.807) is 4.90 Å². The topological polar surface area (TPSA) is 58.8 Å². The van der Waals surface area contributed by atoms with Gasteiger partial charge in [-0.25, -0.2) is 4.79 Å². The predicted molar refractivity (Wildman–Crippen MR) is 78.3 cm³/mol. The van der Waals surface area contributed by atoms with Gasteiger partial charge in [-0.15, -0.1) is 0 Å². The Kier molecular flexibility index (Phi) is 5.38. The van der Waals surface area contributed by atoms with Crippen molar-refractivity contribution in [2.45, 2.75) is 19.1 Å². The Balaban J connectivity index is 1.78. The molecule has 5 nitrogen and oxygen atoms in total. The molecule has 0 aliphatic carbocycles. The maximum Gasteiger partial charge on any atom is 0.410 e. The van der Waals surface area contributed by atoms with Crippen molar-refractivity contribution in [3.63, 3.8) is 0 Å². The number of carbonyl (C=O) groups is 1. The molecule has 1 saturated heterocycles. The number of benzene rings is 1. The van der Waals surface area contributed by atoms with Crippen LogP contribution in [0, 0.1) is 0 Å². The minimum absolute atomic E-state index is 0.227. The Labute approximate surface area is 120 Å². The molecule has 1 amide bonds. The first-order valence-corrected chi connectivity index (χ1v) is 7.06. The third-order valence-corrected chi connectivity index (χ3v) is 3.73. The fourth-order valence-electron chi connectivity index (χ4n) is 2.48. The van der Waals surface area contributed by atoms with Crippen molar-refractivity contribution in [1.29, 1.82) is 0 Å². The first kappa shape index (κ1) is 14.8. The van der Waals surface area contributed by atoms with Crippen LogP contribution in [0.25, 0.3) is 0 Å². The summed E-state index contributed by atoms with van der Waals surface area (Å²) in [4.78, 5) is 16.0. The fourth-order valence-corrected chi connectivity index (χ4v) is 2.48. The van der Waals surface area contributed by atoms with Crippen LogP contribution in [0.4, 0.5) is 4.79 Å². The molecule has 2 N–H and O–H groups in total. The monoisotopic (exact) mass is 277 g/mol. The summed E-state index contributed by atoms with van der Waals surface area (Å²) in [7, 11) is 1.81. The van der Waals surface area contributed by atoms with Gasteiger partial charge in [-0.05, 0) is 12.0 Å². The maximum absolute atomic E-state index is 12.0. The normalized spacial score (nSPS) is 19.0. The van der Waals surface area contributed by atoms with Gasteiger partial charge in [0.05, 0.1) is 0 Å². The molecular formula is C15H23N3O2. The molecule has 0 spiro atoms. The quantitative estimate of drug-likeness (QED) is 0.881. The summed E-state index contributed by atoms with van der Waals surface area (Å²) in [6.45, 7) is 3.76. The standard InChI is InChI=1S/C15H23N3O2/c1-17(14-7-9-18(11-14)10-8-16)15(19)20-12-13-5-3-2-4-6-13/h2-6,14H,7-12,16H2,1H3. The van der Waals surface area contributed by atoms with E-state index in [4.69, 9.17) is 10.5 Å². The van der Waals surface area contributed by atoms with Crippen molar-refractivity contribution >= 4 is 6.09 Å². The van der Waals surface area contributed by atoms with Gasteiger partial charge < -0.3 is 15.4 Å². The lowest BCUT2D eigenvalue weighted by molar-refractivity contribution is 0.0918. The highest BCUT2D eigenvalue weighted by Crippen LogP contribution is 2.15. The van der Waals surface area contributed by atoms with Crippen LogP contribution in [0.2, 0.25) is 0 Å². The first-order chi connectivity index (χ1) is 9.70. The number of ether oxygens (including phenoxy) is 1. The second-order valence-corrected chi connectivity index (χ2v) is 5.18. The van der Waals surface area contributed by atoms with Crippen LogP contribution in [0.15, 0.2) is 30.3 Å². The lowest BCUT2D eigenvalue weighted by Crippen LogP contribution is -2.39. The third-order valence-electron chi connectivity index (χ3n) is 3.73. The highest BCUT2D eigenvalue weighted by molar-refractivity contribution is 5.67. The zero-order valence-electron chi connectivity index (χ0n) is 12.0. The summed E-state index contributed by atoms with van der Waals surface area (Å²) in [6.07, 6.45) is 0.727. The van der Waals surface area contributed by atoms with Gasteiger partial charge in [-0.1, -0.05) is 30.3 Å². The van der Waals surface area contributed by atoms with Crippen LogP contribution >= 0.6 is 0 Å². The minimum atomic E-state index is -0.256. The van der Waals surface area contributed by atoms with Crippen molar-refractivity contribution < 1.29 is 9.53 Å². The van der Waals surface area contributed by atoms with Crippen LogP contribution in [0.5, 0.6) is 0 Å². The molecule has 20 heavy (non-hydrogen) atoms. The number of nitrogens with two attached hydrogens (primary N) is 1. The summed E-state index contributed by atoms with van der Waals surface area (Å²) in [5, 5.41) is 0. The van der Waals surface area contributed by atoms with Crippen LogP contribution < -0.4 is 5.73 Å². The van der Waals surface area contributed by atoms with Gasteiger partial charge in [-0.2, -0.15) is 0 Å². The summed E-state index contributed by atoms with van der Waals surface area (Å²) in [5.74, 6) is 0. The number of hydrogen-bond donors (Lipinski definition) is 1. The van der Waals surface area contributed by atoms with E-state index in [0.29, 0.717) is 13.2 Å². The van der Waals surface area contributed by atoms with Gasteiger partial charge in [0, 0.05) is 39.3 Å². The van der Waals surface area contributed by atoms with Crippen molar-refractivity contribution in [3.8, 4) is 0 Å². The van der Waals surface area contributed by atoms with E-state index in [1.165, 1.54) is 0 Å². The zero-order chi connectivity index (χ0) is 14.4. The smallest absolute Gasteiger partial charge is 0.410 e. The number of likely N-dealkylation sites (N-methyl/N-ethyl adjacent to an activating group) is 1. The molecule has 0 aromatic heterocycles. The summed E-state index contributed by atoms with van der Waals surface area (Å²) < 4.78 is 5.34. The van der Waals surface area contributed by atoms with E-state index in [9.17, 15) is 4.79 Å². The molecular weight excluding hydrogens is 254 g/mol. The molecule has 0 saturated carbocycles. The van der Waals surface area contributed by atoms with Gasteiger partial charge in [0.1, 0.15) is 6.61 Å². The third kappa shape index (κ3) is 3.95. The molecule has 0 bridgehead atoms. The average Bonchev–Trinajstić information content (AvgIpc) is 2.94.